The molecule has 4 nitrogen and oxygen atoms in total. The van der Waals surface area contributed by atoms with Crippen LogP contribution >= 0.6 is 15.9 Å². The van der Waals surface area contributed by atoms with Gasteiger partial charge in [-0.1, -0.05) is 6.07 Å². The van der Waals surface area contributed by atoms with Crippen LogP contribution in [0.2, 0.25) is 0 Å². The van der Waals surface area contributed by atoms with E-state index < -0.39 is 6.16 Å². The summed E-state index contributed by atoms with van der Waals surface area (Å²) in [6.45, 7) is 2.13. The van der Waals surface area contributed by atoms with Crippen LogP contribution < -0.4 is 0 Å². The van der Waals surface area contributed by atoms with Gasteiger partial charge in [-0.2, -0.15) is 0 Å². The number of rotatable bonds is 1. The van der Waals surface area contributed by atoms with Crippen molar-refractivity contribution in [3.63, 3.8) is 0 Å². The monoisotopic (exact) mass is 257 g/mol. The Morgan fingerprint density at radius 1 is 1.57 bits per heavy atom. The van der Waals surface area contributed by atoms with Gasteiger partial charge in [0.2, 0.25) is 0 Å². The van der Waals surface area contributed by atoms with Gasteiger partial charge in [0, 0.05) is 11.3 Å². The van der Waals surface area contributed by atoms with Crippen LogP contribution in [0, 0.1) is 6.92 Å². The summed E-state index contributed by atoms with van der Waals surface area (Å²) in [5.41, 5.74) is 1.72. The number of pyridine rings is 1. The predicted molar refractivity (Wildman–Crippen MR) is 51.8 cm³/mol. The summed E-state index contributed by atoms with van der Waals surface area (Å²) in [6.07, 6.45) is -0.930. The third kappa shape index (κ3) is 1.72. The fourth-order valence-corrected chi connectivity index (χ4v) is 1.76. The Kier molecular flexibility index (Phi) is 2.41. The molecule has 1 aromatic rings. The molecule has 2 rings (SSSR count). The second kappa shape index (κ2) is 3.57. The van der Waals surface area contributed by atoms with E-state index >= 15 is 0 Å². The van der Waals surface area contributed by atoms with Crippen LogP contribution in [0.25, 0.3) is 0 Å². The highest BCUT2D eigenvalue weighted by molar-refractivity contribution is 9.10. The lowest BCUT2D eigenvalue weighted by molar-refractivity contribution is 0.118. The first-order valence-corrected chi connectivity index (χ1v) is 4.92. The summed E-state index contributed by atoms with van der Waals surface area (Å²) < 4.78 is 10.4. The van der Waals surface area contributed by atoms with Crippen molar-refractivity contribution in [1.29, 1.82) is 0 Å². The van der Waals surface area contributed by atoms with Crippen molar-refractivity contribution >= 4 is 22.1 Å². The van der Waals surface area contributed by atoms with E-state index in [1.54, 1.807) is 0 Å². The van der Waals surface area contributed by atoms with Gasteiger partial charge in [0.05, 0.1) is 0 Å². The van der Waals surface area contributed by atoms with Gasteiger partial charge in [-0.15, -0.1) is 0 Å². The second-order valence-corrected chi connectivity index (χ2v) is 3.79. The molecule has 1 aromatic heterocycles. The Balaban J connectivity index is 2.28. The lowest BCUT2D eigenvalue weighted by atomic mass is 10.1. The molecular formula is C9H8BrNO3. The van der Waals surface area contributed by atoms with Crippen LogP contribution in [-0.2, 0) is 9.47 Å². The van der Waals surface area contributed by atoms with E-state index in [2.05, 4.69) is 20.9 Å². The van der Waals surface area contributed by atoms with Gasteiger partial charge in [-0.25, -0.2) is 9.78 Å². The van der Waals surface area contributed by atoms with E-state index in [-0.39, 0.29) is 12.7 Å². The standard InChI is InChI=1S/C9H8BrNO3/c1-5-6(2-3-8(10)11-5)7-4-13-9(12)14-7/h2-3,7H,4H2,1H3. The van der Waals surface area contributed by atoms with Gasteiger partial charge >= 0.3 is 6.16 Å². The molecule has 0 bridgehead atoms. The minimum atomic E-state index is -0.614. The van der Waals surface area contributed by atoms with E-state index in [9.17, 15) is 4.79 Å². The number of nitrogens with zero attached hydrogens (tertiary/aromatic N) is 1. The smallest absolute Gasteiger partial charge is 0.430 e. The van der Waals surface area contributed by atoms with Gasteiger partial charge in [0.1, 0.15) is 11.2 Å². The minimum absolute atomic E-state index is 0.267. The van der Waals surface area contributed by atoms with Crippen molar-refractivity contribution in [2.75, 3.05) is 6.61 Å². The Morgan fingerprint density at radius 3 is 2.93 bits per heavy atom. The largest absolute Gasteiger partial charge is 0.509 e. The zero-order chi connectivity index (χ0) is 10.1. The molecule has 2 heterocycles. The number of ether oxygens (including phenoxy) is 2. The molecule has 0 radical (unpaired) electrons. The average molecular weight is 258 g/mol. The number of carbonyl (C=O) groups excluding carboxylic acids is 1. The molecule has 74 valence electrons. The lowest BCUT2D eigenvalue weighted by Gasteiger charge is -2.09. The molecule has 0 N–H and O–H groups in total. The number of hydrogen-bond donors (Lipinski definition) is 0. The lowest BCUT2D eigenvalue weighted by Crippen LogP contribution is -2.04. The molecular weight excluding hydrogens is 250 g/mol. The summed E-state index contributed by atoms with van der Waals surface area (Å²) in [5.74, 6) is 0. The van der Waals surface area contributed by atoms with Crippen LogP contribution in [0.5, 0.6) is 0 Å². The molecule has 0 saturated carbocycles. The molecule has 14 heavy (non-hydrogen) atoms. The van der Waals surface area contributed by atoms with Crippen molar-refractivity contribution in [3.8, 4) is 0 Å². The number of hydrogen-bond acceptors (Lipinski definition) is 4. The van der Waals surface area contributed by atoms with Crippen molar-refractivity contribution in [2.24, 2.45) is 0 Å². The van der Waals surface area contributed by atoms with Crippen LogP contribution in [0.4, 0.5) is 4.79 Å². The summed E-state index contributed by atoms with van der Waals surface area (Å²) in [5, 5.41) is 0. The highest BCUT2D eigenvalue weighted by Gasteiger charge is 2.28. The molecule has 1 saturated heterocycles. The van der Waals surface area contributed by atoms with E-state index in [1.807, 2.05) is 19.1 Å². The van der Waals surface area contributed by atoms with Crippen molar-refractivity contribution in [3.05, 3.63) is 28.0 Å². The SMILES string of the molecule is Cc1nc(Br)ccc1C1COC(=O)O1. The van der Waals surface area contributed by atoms with Crippen LogP contribution in [0.1, 0.15) is 17.4 Å². The van der Waals surface area contributed by atoms with Gasteiger partial charge in [0.15, 0.2) is 6.10 Å². The molecule has 1 aliphatic heterocycles. The molecule has 1 unspecified atom stereocenters. The molecule has 1 atom stereocenters. The van der Waals surface area contributed by atoms with Crippen molar-refractivity contribution < 1.29 is 14.3 Å². The van der Waals surface area contributed by atoms with E-state index in [4.69, 9.17) is 9.47 Å². The van der Waals surface area contributed by atoms with Crippen molar-refractivity contribution in [2.45, 2.75) is 13.0 Å². The quantitative estimate of drug-likeness (QED) is 0.573. The van der Waals surface area contributed by atoms with E-state index in [0.717, 1.165) is 15.9 Å². The number of cyclic esters (lactones) is 2. The molecule has 0 aromatic carbocycles. The topological polar surface area (TPSA) is 48.4 Å². The van der Waals surface area contributed by atoms with Gasteiger partial charge < -0.3 is 9.47 Å². The molecule has 0 aliphatic carbocycles. The fourth-order valence-electron chi connectivity index (χ4n) is 1.36. The first kappa shape index (κ1) is 9.45. The maximum Gasteiger partial charge on any atom is 0.509 e. The molecule has 1 aliphatic rings. The van der Waals surface area contributed by atoms with Crippen LogP contribution in [-0.4, -0.2) is 17.7 Å². The summed E-state index contributed by atoms with van der Waals surface area (Å²) >= 11 is 3.27. The third-order valence-corrected chi connectivity index (χ3v) is 2.47. The maximum absolute atomic E-state index is 10.7. The Morgan fingerprint density at radius 2 is 2.36 bits per heavy atom. The second-order valence-electron chi connectivity index (χ2n) is 2.98. The van der Waals surface area contributed by atoms with E-state index in [0.29, 0.717) is 0 Å². The molecule has 1 fully saturated rings. The van der Waals surface area contributed by atoms with Crippen LogP contribution in [0.3, 0.4) is 0 Å². The summed E-state index contributed by atoms with van der Waals surface area (Å²) in [4.78, 5) is 14.9. The molecule has 0 spiro atoms. The first-order valence-electron chi connectivity index (χ1n) is 4.13. The normalized spacial score (nSPS) is 20.4. The zero-order valence-corrected chi connectivity index (χ0v) is 9.08. The van der Waals surface area contributed by atoms with Gasteiger partial charge in [-0.05, 0) is 28.9 Å². The number of aromatic nitrogens is 1. The number of aryl methyl sites for hydroxylation is 1. The first-order chi connectivity index (χ1) is 6.66. The zero-order valence-electron chi connectivity index (χ0n) is 7.49. The average Bonchev–Trinajstić information content (AvgIpc) is 2.51. The third-order valence-electron chi connectivity index (χ3n) is 2.03. The van der Waals surface area contributed by atoms with Crippen molar-refractivity contribution in [1.82, 2.24) is 4.98 Å². The van der Waals surface area contributed by atoms with Gasteiger partial charge in [0.25, 0.3) is 0 Å². The van der Waals surface area contributed by atoms with E-state index in [1.165, 1.54) is 0 Å². The minimum Gasteiger partial charge on any atom is -0.430 e. The Bertz CT molecular complexity index is 380. The number of carbonyl (C=O) groups is 1. The molecule has 5 heteroatoms. The highest BCUT2D eigenvalue weighted by atomic mass is 79.9. The highest BCUT2D eigenvalue weighted by Crippen LogP contribution is 2.26. The predicted octanol–water partition coefficient (Wildman–Crippen LogP) is 2.36. The molecule has 0 amide bonds. The maximum atomic E-state index is 10.7. The Labute approximate surface area is 89.4 Å². The summed E-state index contributed by atoms with van der Waals surface area (Å²) in [6, 6.07) is 3.69. The Hall–Kier alpha value is -1.10. The fraction of sp³-hybridized carbons (Fsp3) is 0.333. The van der Waals surface area contributed by atoms with Crippen LogP contribution in [0.15, 0.2) is 16.7 Å². The summed E-state index contributed by atoms with van der Waals surface area (Å²) in [7, 11) is 0. The van der Waals surface area contributed by atoms with Gasteiger partial charge in [-0.3, -0.25) is 0 Å². The number of halogens is 1.